The summed E-state index contributed by atoms with van der Waals surface area (Å²) in [6.45, 7) is 13.7. The number of piperazine rings is 1. The Hall–Kier alpha value is -3.33. The second-order valence-electron chi connectivity index (χ2n) is 10.8. The lowest BCUT2D eigenvalue weighted by Crippen LogP contribution is -2.54. The average molecular weight is 518 g/mol. The van der Waals surface area contributed by atoms with E-state index < -0.39 is 0 Å². The Morgan fingerprint density at radius 3 is 2.55 bits per heavy atom. The van der Waals surface area contributed by atoms with Gasteiger partial charge in [0, 0.05) is 76.4 Å². The van der Waals surface area contributed by atoms with E-state index in [0.29, 0.717) is 12.6 Å². The van der Waals surface area contributed by atoms with Crippen LogP contribution in [0.5, 0.6) is 5.75 Å². The van der Waals surface area contributed by atoms with E-state index in [1.165, 1.54) is 31.0 Å². The molecule has 0 radical (unpaired) electrons. The third kappa shape index (κ3) is 4.91. The Bertz CT molecular complexity index is 1180. The summed E-state index contributed by atoms with van der Waals surface area (Å²) in [5, 5.41) is 3.60. The zero-order valence-electron chi connectivity index (χ0n) is 22.5. The molecule has 0 spiro atoms. The van der Waals surface area contributed by atoms with E-state index in [2.05, 4.69) is 38.7 Å². The van der Waals surface area contributed by atoms with Crippen LogP contribution in [-0.2, 0) is 11.4 Å². The summed E-state index contributed by atoms with van der Waals surface area (Å²) in [4.78, 5) is 30.9. The summed E-state index contributed by atoms with van der Waals surface area (Å²) in [6, 6.07) is 4.82. The smallest absolute Gasteiger partial charge is 0.246 e. The maximum atomic E-state index is 11.9. The number of fused-ring (bicyclic) bond motifs is 2. The second kappa shape index (κ2) is 10.8. The first-order chi connectivity index (χ1) is 18.6. The van der Waals surface area contributed by atoms with Crippen LogP contribution in [0.15, 0.2) is 31.0 Å². The summed E-state index contributed by atoms with van der Waals surface area (Å²) in [5.74, 6) is 2.74. The Labute approximate surface area is 225 Å². The number of piperidine rings is 2. The number of anilines is 4. The normalized spacial score (nSPS) is 20.6. The topological polar surface area (TPSA) is 77.1 Å². The maximum absolute atomic E-state index is 11.9. The molecule has 4 aliphatic rings. The molecule has 0 bridgehead atoms. The molecule has 38 heavy (non-hydrogen) atoms. The van der Waals surface area contributed by atoms with E-state index in [1.807, 2.05) is 18.0 Å². The van der Waals surface area contributed by atoms with E-state index in [-0.39, 0.29) is 5.91 Å². The van der Waals surface area contributed by atoms with Gasteiger partial charge in [-0.1, -0.05) is 6.58 Å². The number of nitrogens with zero attached hydrogens (tertiary/aromatic N) is 6. The van der Waals surface area contributed by atoms with Gasteiger partial charge in [-0.2, -0.15) is 0 Å². The van der Waals surface area contributed by atoms with E-state index >= 15 is 0 Å². The molecular weight excluding hydrogens is 478 g/mol. The Morgan fingerprint density at radius 1 is 1.05 bits per heavy atom. The first-order valence-corrected chi connectivity index (χ1v) is 14.2. The monoisotopic (exact) mass is 517 g/mol. The molecule has 3 fully saturated rings. The highest BCUT2D eigenvalue weighted by Gasteiger charge is 2.30. The molecule has 6 rings (SSSR count). The van der Waals surface area contributed by atoms with Crippen molar-refractivity contribution in [3.8, 4) is 5.75 Å². The Balaban J connectivity index is 1.14. The quantitative estimate of drug-likeness (QED) is 0.616. The van der Waals surface area contributed by atoms with Crippen molar-refractivity contribution in [3.63, 3.8) is 0 Å². The van der Waals surface area contributed by atoms with Gasteiger partial charge in [0.15, 0.2) is 5.75 Å². The number of ether oxygens (including phenoxy) is 1. The zero-order valence-corrected chi connectivity index (χ0v) is 22.5. The number of aryl methyl sites for hydroxylation is 1. The van der Waals surface area contributed by atoms with Crippen LogP contribution in [0.25, 0.3) is 0 Å². The van der Waals surface area contributed by atoms with Crippen LogP contribution in [0.3, 0.4) is 0 Å². The van der Waals surface area contributed by atoms with Gasteiger partial charge in [0.1, 0.15) is 18.2 Å². The van der Waals surface area contributed by atoms with Gasteiger partial charge in [-0.05, 0) is 51.2 Å². The second-order valence-corrected chi connectivity index (χ2v) is 10.8. The molecule has 202 valence electrons. The van der Waals surface area contributed by atoms with E-state index in [0.717, 1.165) is 99.5 Å². The lowest BCUT2D eigenvalue weighted by molar-refractivity contribution is -0.128. The molecule has 9 nitrogen and oxygen atoms in total. The van der Waals surface area contributed by atoms with Gasteiger partial charge < -0.3 is 24.8 Å². The first kappa shape index (κ1) is 25.0. The molecule has 0 saturated carbocycles. The van der Waals surface area contributed by atoms with Crippen molar-refractivity contribution >= 4 is 28.9 Å². The Morgan fingerprint density at radius 2 is 1.82 bits per heavy atom. The van der Waals surface area contributed by atoms with Crippen molar-refractivity contribution in [2.24, 2.45) is 0 Å². The van der Waals surface area contributed by atoms with Crippen LogP contribution in [0.4, 0.5) is 23.0 Å². The van der Waals surface area contributed by atoms with Gasteiger partial charge in [0.2, 0.25) is 5.91 Å². The molecule has 0 aromatic carbocycles. The highest BCUT2D eigenvalue weighted by molar-refractivity contribution is 5.87. The number of nitrogens with one attached hydrogen (secondary N) is 1. The molecule has 6 heterocycles. The van der Waals surface area contributed by atoms with E-state index in [1.54, 1.807) is 0 Å². The molecule has 0 aliphatic carbocycles. The lowest BCUT2D eigenvalue weighted by atomic mass is 10.0. The number of carbonyl (C=O) groups is 1. The third-order valence-corrected chi connectivity index (χ3v) is 8.58. The molecule has 1 amide bonds. The highest BCUT2D eigenvalue weighted by Crippen LogP contribution is 2.40. The van der Waals surface area contributed by atoms with Crippen LogP contribution in [-0.4, -0.2) is 84.1 Å². The van der Waals surface area contributed by atoms with Gasteiger partial charge in [0.25, 0.3) is 0 Å². The molecule has 0 atom stereocenters. The van der Waals surface area contributed by atoms with Crippen molar-refractivity contribution in [3.05, 3.63) is 42.2 Å². The number of hydrogen-bond acceptors (Lipinski definition) is 8. The predicted molar refractivity (Wildman–Crippen MR) is 150 cm³/mol. The average Bonchev–Trinajstić information content (AvgIpc) is 3.17. The minimum Gasteiger partial charge on any atom is -0.485 e. The fourth-order valence-corrected chi connectivity index (χ4v) is 6.41. The molecule has 0 unspecified atom stereocenters. The van der Waals surface area contributed by atoms with Gasteiger partial charge >= 0.3 is 0 Å². The fraction of sp³-hybridized carbons (Fsp3) is 0.552. The number of carbonyl (C=O) groups excluding carboxylic acids is 1. The van der Waals surface area contributed by atoms with Crippen LogP contribution in [0.2, 0.25) is 0 Å². The van der Waals surface area contributed by atoms with Crippen molar-refractivity contribution < 1.29 is 9.53 Å². The predicted octanol–water partition coefficient (Wildman–Crippen LogP) is 3.71. The minimum atomic E-state index is 0.0438. The highest BCUT2D eigenvalue weighted by atomic mass is 16.5. The van der Waals surface area contributed by atoms with Crippen molar-refractivity contribution in [2.45, 2.75) is 51.7 Å². The molecular formula is C29H39N7O2. The number of rotatable bonds is 4. The molecule has 1 N–H and O–H groups in total. The van der Waals surface area contributed by atoms with Gasteiger partial charge in [-0.3, -0.25) is 9.69 Å². The fourth-order valence-electron chi connectivity index (χ4n) is 6.41. The summed E-state index contributed by atoms with van der Waals surface area (Å²) in [6.07, 6.45) is 9.31. The molecule has 4 aliphatic heterocycles. The maximum Gasteiger partial charge on any atom is 0.246 e. The molecule has 3 saturated heterocycles. The number of aromatic nitrogens is 2. The van der Waals surface area contributed by atoms with Crippen molar-refractivity contribution in [2.75, 3.05) is 67.5 Å². The number of hydrogen-bond donors (Lipinski definition) is 1. The summed E-state index contributed by atoms with van der Waals surface area (Å²) < 4.78 is 6.36. The van der Waals surface area contributed by atoms with Crippen LogP contribution in [0, 0.1) is 6.92 Å². The number of pyridine rings is 2. The standard InChI is InChI=1S/C29H39N7O2/c1-3-27(37)36-17-15-33(16-18-36)22-8-13-35(14-9-22)26-19-24-28(21(2)31-26)38-20-23-25(7-10-30-29(23)32-24)34-11-5-4-6-12-34/h3,7,10,19,22H,1,4-6,8-9,11-18,20H2,2H3,(H,30,32). The third-order valence-electron chi connectivity index (χ3n) is 8.58. The van der Waals surface area contributed by atoms with Gasteiger partial charge in [-0.25, -0.2) is 9.97 Å². The Kier molecular flexibility index (Phi) is 7.10. The van der Waals surface area contributed by atoms with Gasteiger partial charge in [-0.15, -0.1) is 0 Å². The molecule has 2 aromatic rings. The van der Waals surface area contributed by atoms with Gasteiger partial charge in [0.05, 0.1) is 16.9 Å². The summed E-state index contributed by atoms with van der Waals surface area (Å²) in [5.41, 5.74) is 4.21. The SMILES string of the molecule is C=CC(=O)N1CCN(C2CCN(c3cc4c(c(C)n3)OCc3c(N5CCCCC5)ccnc3N4)CC2)CC1. The van der Waals surface area contributed by atoms with Crippen LogP contribution >= 0.6 is 0 Å². The lowest BCUT2D eigenvalue weighted by Gasteiger charge is -2.43. The van der Waals surface area contributed by atoms with E-state index in [4.69, 9.17) is 14.7 Å². The van der Waals surface area contributed by atoms with Crippen LogP contribution < -0.4 is 19.9 Å². The van der Waals surface area contributed by atoms with Crippen molar-refractivity contribution in [1.29, 1.82) is 0 Å². The van der Waals surface area contributed by atoms with Crippen molar-refractivity contribution in [1.82, 2.24) is 19.8 Å². The summed E-state index contributed by atoms with van der Waals surface area (Å²) >= 11 is 0. The zero-order chi connectivity index (χ0) is 26.1. The number of amides is 1. The first-order valence-electron chi connectivity index (χ1n) is 14.2. The largest absolute Gasteiger partial charge is 0.485 e. The summed E-state index contributed by atoms with van der Waals surface area (Å²) in [7, 11) is 0. The van der Waals surface area contributed by atoms with E-state index in [9.17, 15) is 4.79 Å². The minimum absolute atomic E-state index is 0.0438. The van der Waals surface area contributed by atoms with Crippen LogP contribution in [0.1, 0.15) is 43.4 Å². The molecule has 2 aromatic heterocycles. The molecule has 9 heteroatoms.